The molecule has 0 unspecified atom stereocenters. The van der Waals surface area contributed by atoms with Crippen molar-refractivity contribution in [1.82, 2.24) is 0 Å². The predicted octanol–water partition coefficient (Wildman–Crippen LogP) is 2.92. The van der Waals surface area contributed by atoms with Crippen LogP contribution in [0.1, 0.15) is 11.1 Å². The predicted molar refractivity (Wildman–Crippen MR) is 89.7 cm³/mol. The third-order valence-corrected chi connectivity index (χ3v) is 5.50. The molecule has 0 saturated carbocycles. The monoisotopic (exact) mass is 272 g/mol. The van der Waals surface area contributed by atoms with Gasteiger partial charge in [-0.1, -0.05) is 71.9 Å². The van der Waals surface area contributed by atoms with Crippen LogP contribution in [0.2, 0.25) is 0 Å². The number of hydrogen-bond acceptors (Lipinski definition) is 0. The Kier molecular flexibility index (Phi) is 2.61. The maximum atomic E-state index is 2.31. The Morgan fingerprint density at radius 1 is 0.650 bits per heavy atom. The lowest BCUT2D eigenvalue weighted by Gasteiger charge is -2.11. The summed E-state index contributed by atoms with van der Waals surface area (Å²) in [6.07, 6.45) is 1.10. The first-order valence-corrected chi connectivity index (χ1v) is 8.11. The van der Waals surface area contributed by atoms with Crippen LogP contribution in [0, 0.1) is 0 Å². The van der Waals surface area contributed by atoms with Gasteiger partial charge in [-0.15, -0.1) is 0 Å². The van der Waals surface area contributed by atoms with Gasteiger partial charge in [0.2, 0.25) is 0 Å². The Morgan fingerprint density at radius 3 is 2.20 bits per heavy atom. The van der Waals surface area contributed by atoms with E-state index < -0.39 is 0 Å². The van der Waals surface area contributed by atoms with E-state index in [1.807, 2.05) is 0 Å². The summed E-state index contributed by atoms with van der Waals surface area (Å²) in [7, 11) is 1.09. The second kappa shape index (κ2) is 4.46. The Bertz CT molecular complexity index is 788. The van der Waals surface area contributed by atoms with Crippen LogP contribution in [-0.4, -0.2) is 10.2 Å². The van der Waals surface area contributed by atoms with Crippen LogP contribution in [0.25, 0.3) is 22.3 Å². The minimum atomic E-state index is 1.09. The highest BCUT2D eigenvalue weighted by Gasteiger charge is 2.20. The fourth-order valence-electron chi connectivity index (χ4n) is 3.30. The summed E-state index contributed by atoms with van der Waals surface area (Å²) in [5, 5.41) is 1.56. The third kappa shape index (κ3) is 1.67. The van der Waals surface area contributed by atoms with Gasteiger partial charge in [-0.25, -0.2) is 0 Å². The second-order valence-corrected chi connectivity index (χ2v) is 6.46. The van der Waals surface area contributed by atoms with Gasteiger partial charge in [0, 0.05) is 10.2 Å². The van der Waals surface area contributed by atoms with Gasteiger partial charge in [0.15, 0.2) is 0 Å². The lowest BCUT2D eigenvalue weighted by molar-refractivity contribution is 1.28. The molecule has 0 radical (unpaired) electrons. The number of benzene rings is 3. The molecule has 3 aromatic carbocycles. The molecule has 20 heavy (non-hydrogen) atoms. The van der Waals surface area contributed by atoms with E-state index >= 15 is 0 Å². The van der Waals surface area contributed by atoms with Crippen molar-refractivity contribution < 1.29 is 0 Å². The van der Waals surface area contributed by atoms with E-state index in [4.69, 9.17) is 0 Å². The van der Waals surface area contributed by atoms with Crippen molar-refractivity contribution in [3.05, 3.63) is 77.9 Å². The first-order valence-electron chi connectivity index (χ1n) is 7.11. The standard InChI is InChI=1S/C19H16Si/c20-19-16(13-6-2-1-3-7-13)10-11-17-15-9-5-4-8-14(15)12-18(17)19/h1-11H,12H2,20H3. The normalized spacial score (nSPS) is 12.2. The van der Waals surface area contributed by atoms with Gasteiger partial charge in [-0.2, -0.15) is 0 Å². The highest BCUT2D eigenvalue weighted by atomic mass is 28.1. The number of hydrogen-bond donors (Lipinski definition) is 0. The first-order chi connectivity index (χ1) is 9.84. The fraction of sp³-hybridized carbons (Fsp3) is 0.0526. The van der Waals surface area contributed by atoms with Crippen molar-refractivity contribution in [1.29, 1.82) is 0 Å². The van der Waals surface area contributed by atoms with Gasteiger partial charge in [0.1, 0.15) is 0 Å². The van der Waals surface area contributed by atoms with Crippen LogP contribution >= 0.6 is 0 Å². The number of rotatable bonds is 1. The molecular formula is C19H16Si. The van der Waals surface area contributed by atoms with E-state index in [0.29, 0.717) is 0 Å². The molecule has 0 N–H and O–H groups in total. The van der Waals surface area contributed by atoms with E-state index in [9.17, 15) is 0 Å². The average molecular weight is 272 g/mol. The van der Waals surface area contributed by atoms with Crippen molar-refractivity contribution in [3.8, 4) is 22.3 Å². The summed E-state index contributed by atoms with van der Waals surface area (Å²) in [4.78, 5) is 0. The molecule has 0 saturated heterocycles. The van der Waals surface area contributed by atoms with E-state index in [2.05, 4.69) is 66.7 Å². The Balaban J connectivity index is 1.91. The van der Waals surface area contributed by atoms with E-state index in [1.165, 1.54) is 27.8 Å². The molecule has 0 heterocycles. The summed E-state index contributed by atoms with van der Waals surface area (Å²) in [6.45, 7) is 0. The van der Waals surface area contributed by atoms with E-state index in [-0.39, 0.29) is 0 Å². The molecule has 0 spiro atoms. The molecule has 96 valence electrons. The van der Waals surface area contributed by atoms with E-state index in [1.54, 1.807) is 10.8 Å². The molecule has 1 aliphatic carbocycles. The summed E-state index contributed by atoms with van der Waals surface area (Å²) < 4.78 is 0. The molecule has 4 rings (SSSR count). The molecule has 0 fully saturated rings. The van der Waals surface area contributed by atoms with Gasteiger partial charge < -0.3 is 0 Å². The van der Waals surface area contributed by atoms with Crippen LogP contribution in [-0.2, 0) is 6.42 Å². The Labute approximate surface area is 122 Å². The van der Waals surface area contributed by atoms with Gasteiger partial charge in [-0.05, 0) is 39.8 Å². The zero-order valence-electron chi connectivity index (χ0n) is 11.6. The minimum absolute atomic E-state index is 1.09. The topological polar surface area (TPSA) is 0 Å². The summed E-state index contributed by atoms with van der Waals surface area (Å²) in [5.41, 5.74) is 8.67. The maximum Gasteiger partial charge on any atom is 0.0397 e. The lowest BCUT2D eigenvalue weighted by atomic mass is 9.99. The molecule has 3 aromatic rings. The quantitative estimate of drug-likeness (QED) is 0.467. The van der Waals surface area contributed by atoms with Crippen LogP contribution in [0.3, 0.4) is 0 Å². The zero-order chi connectivity index (χ0) is 13.5. The molecule has 0 bridgehead atoms. The van der Waals surface area contributed by atoms with E-state index in [0.717, 1.165) is 16.7 Å². The van der Waals surface area contributed by atoms with Gasteiger partial charge in [0.25, 0.3) is 0 Å². The highest BCUT2D eigenvalue weighted by molar-refractivity contribution is 6.37. The summed E-state index contributed by atoms with van der Waals surface area (Å²) in [5.74, 6) is 0. The molecule has 0 amide bonds. The molecule has 1 heteroatoms. The van der Waals surface area contributed by atoms with Gasteiger partial charge in [0.05, 0.1) is 0 Å². The fourth-order valence-corrected chi connectivity index (χ4v) is 4.20. The number of fused-ring (bicyclic) bond motifs is 3. The first kappa shape index (κ1) is 11.7. The molecule has 0 aliphatic heterocycles. The van der Waals surface area contributed by atoms with Crippen LogP contribution in [0.15, 0.2) is 66.7 Å². The Hall–Kier alpha value is -2.12. The largest absolute Gasteiger partial charge is 0.0622 e. The average Bonchev–Trinajstić information content (AvgIpc) is 2.88. The SMILES string of the molecule is [SiH3]c1c(-c2ccccc2)ccc2c1Cc1ccccc1-2. The third-order valence-electron chi connectivity index (χ3n) is 4.36. The van der Waals surface area contributed by atoms with Crippen molar-refractivity contribution in [3.63, 3.8) is 0 Å². The maximum absolute atomic E-state index is 2.31. The Morgan fingerprint density at radius 2 is 1.35 bits per heavy atom. The van der Waals surface area contributed by atoms with Crippen molar-refractivity contribution >= 4 is 15.4 Å². The van der Waals surface area contributed by atoms with Crippen molar-refractivity contribution in [2.75, 3.05) is 0 Å². The van der Waals surface area contributed by atoms with Crippen molar-refractivity contribution in [2.24, 2.45) is 0 Å². The highest BCUT2D eigenvalue weighted by Crippen LogP contribution is 2.36. The molecule has 0 atom stereocenters. The van der Waals surface area contributed by atoms with Crippen LogP contribution in [0.5, 0.6) is 0 Å². The second-order valence-electron chi connectivity index (χ2n) is 5.46. The van der Waals surface area contributed by atoms with Crippen molar-refractivity contribution in [2.45, 2.75) is 6.42 Å². The summed E-state index contributed by atoms with van der Waals surface area (Å²) in [6, 6.07) is 24.2. The minimum Gasteiger partial charge on any atom is -0.0622 e. The van der Waals surface area contributed by atoms with Crippen LogP contribution in [0.4, 0.5) is 0 Å². The van der Waals surface area contributed by atoms with Gasteiger partial charge >= 0.3 is 0 Å². The smallest absolute Gasteiger partial charge is 0.0397 e. The lowest BCUT2D eigenvalue weighted by Crippen LogP contribution is -2.13. The molecular weight excluding hydrogens is 256 g/mol. The molecule has 1 aliphatic rings. The zero-order valence-corrected chi connectivity index (χ0v) is 13.6. The van der Waals surface area contributed by atoms with Crippen LogP contribution < -0.4 is 5.19 Å². The molecule has 0 aromatic heterocycles. The van der Waals surface area contributed by atoms with Gasteiger partial charge in [-0.3, -0.25) is 0 Å². The molecule has 0 nitrogen and oxygen atoms in total. The summed E-state index contributed by atoms with van der Waals surface area (Å²) >= 11 is 0.